The molecule has 2 atom stereocenters. The minimum atomic E-state index is -5.08. The first-order valence-electron chi connectivity index (χ1n) is 7.29. The Morgan fingerprint density at radius 1 is 1.00 bits per heavy atom. The van der Waals surface area contributed by atoms with Crippen molar-refractivity contribution < 1.29 is 46.1 Å². The van der Waals surface area contributed by atoms with Crippen LogP contribution in [0.3, 0.4) is 0 Å². The van der Waals surface area contributed by atoms with Gasteiger partial charge in [0.25, 0.3) is 0 Å². The van der Waals surface area contributed by atoms with E-state index in [2.05, 4.69) is 20.2 Å². The van der Waals surface area contributed by atoms with E-state index < -0.39 is 24.3 Å². The number of nitrogens with one attached hydrogen (secondary N) is 1. The second-order valence-electron chi connectivity index (χ2n) is 5.50. The highest BCUT2D eigenvalue weighted by molar-refractivity contribution is 6.29. The molecule has 0 aliphatic carbocycles. The monoisotopic (exact) mass is 438 g/mol. The van der Waals surface area contributed by atoms with Crippen LogP contribution in [0.4, 0.5) is 32.2 Å². The van der Waals surface area contributed by atoms with Crippen molar-refractivity contribution in [2.24, 2.45) is 0 Å². The lowest BCUT2D eigenvalue weighted by Gasteiger charge is -2.48. The summed E-state index contributed by atoms with van der Waals surface area (Å²) >= 11 is 5.68. The third-order valence-corrected chi connectivity index (χ3v) is 3.53. The number of alkyl halides is 6. The molecule has 0 spiro atoms. The van der Waals surface area contributed by atoms with Crippen LogP contribution in [-0.2, 0) is 9.59 Å². The predicted molar refractivity (Wildman–Crippen MR) is 82.0 cm³/mol. The first kappa shape index (κ1) is 23.7. The number of carboxylic acids is 2. The maximum absolute atomic E-state index is 10.6. The van der Waals surface area contributed by atoms with Crippen LogP contribution in [0.1, 0.15) is 6.42 Å². The van der Waals surface area contributed by atoms with E-state index in [1.54, 1.807) is 12.4 Å². The topological polar surface area (TPSA) is 116 Å². The van der Waals surface area contributed by atoms with Gasteiger partial charge in [-0.25, -0.2) is 19.6 Å². The fraction of sp³-hybridized carbons (Fsp3) is 0.538. The van der Waals surface area contributed by atoms with E-state index in [-0.39, 0.29) is 0 Å². The van der Waals surface area contributed by atoms with E-state index >= 15 is 0 Å². The van der Waals surface area contributed by atoms with Gasteiger partial charge in [0.05, 0.1) is 12.4 Å². The van der Waals surface area contributed by atoms with Crippen molar-refractivity contribution in [3.05, 3.63) is 17.5 Å². The Morgan fingerprint density at radius 2 is 1.39 bits per heavy atom. The average Bonchev–Trinajstić information content (AvgIpc) is 2.54. The summed E-state index contributed by atoms with van der Waals surface area (Å²) in [4.78, 5) is 28.3. The number of anilines is 1. The van der Waals surface area contributed by atoms with Crippen molar-refractivity contribution in [2.75, 3.05) is 18.0 Å². The summed E-state index contributed by atoms with van der Waals surface area (Å²) in [5.74, 6) is -4.58. The quantitative estimate of drug-likeness (QED) is 0.570. The van der Waals surface area contributed by atoms with Crippen LogP contribution in [0.2, 0.25) is 5.15 Å². The molecular weight excluding hydrogens is 426 g/mol. The molecule has 3 fully saturated rings. The van der Waals surface area contributed by atoms with Crippen LogP contribution in [0.25, 0.3) is 0 Å². The van der Waals surface area contributed by atoms with Gasteiger partial charge >= 0.3 is 24.3 Å². The molecule has 3 aliphatic heterocycles. The Hall–Kier alpha value is -2.35. The molecule has 15 heteroatoms. The summed E-state index contributed by atoms with van der Waals surface area (Å²) in [5, 5.41) is 18.2. The second-order valence-corrected chi connectivity index (χ2v) is 5.89. The number of aliphatic carboxylic acids is 2. The molecule has 2 unspecified atom stereocenters. The third-order valence-electron chi connectivity index (χ3n) is 3.34. The van der Waals surface area contributed by atoms with Crippen molar-refractivity contribution in [3.8, 4) is 0 Å². The molecule has 3 saturated heterocycles. The van der Waals surface area contributed by atoms with Crippen LogP contribution >= 0.6 is 11.6 Å². The van der Waals surface area contributed by atoms with Gasteiger partial charge < -0.3 is 20.4 Å². The van der Waals surface area contributed by atoms with Gasteiger partial charge in [0.2, 0.25) is 0 Å². The molecule has 4 heterocycles. The Bertz CT molecular complexity index is 645. The molecule has 0 saturated carbocycles. The number of fused-ring (bicyclic) bond motifs is 2. The molecule has 2 bridgehead atoms. The summed E-state index contributed by atoms with van der Waals surface area (Å²) in [7, 11) is 0. The normalized spacial score (nSPS) is 20.6. The number of carboxylic acid groups (broad SMARTS) is 2. The standard InChI is InChI=1S/C9H11ClN4.2C2HF3O2/c10-8-2-12-9(3-11-8)14-4-6-1-7(5-14)13-6;2*3-2(4,5)1(6)7/h2-3,6-7,13H,1,4-5H2;2*(H,6,7). The predicted octanol–water partition coefficient (Wildman–Crippen LogP) is 1.95. The van der Waals surface area contributed by atoms with Crippen LogP contribution in [-0.4, -0.2) is 69.6 Å². The lowest BCUT2D eigenvalue weighted by molar-refractivity contribution is -0.193. The number of carbonyl (C=O) groups is 2. The minimum absolute atomic E-state index is 0.453. The lowest BCUT2D eigenvalue weighted by atomic mass is 9.91. The van der Waals surface area contributed by atoms with E-state index in [9.17, 15) is 26.3 Å². The number of piperidine rings is 1. The number of nitrogens with zero attached hydrogens (tertiary/aromatic N) is 3. The Balaban J connectivity index is 0.000000240. The molecule has 158 valence electrons. The number of piperazine rings is 1. The molecule has 0 radical (unpaired) electrons. The maximum atomic E-state index is 10.6. The molecule has 4 rings (SSSR count). The van der Waals surface area contributed by atoms with Gasteiger partial charge in [-0.2, -0.15) is 26.3 Å². The summed E-state index contributed by atoms with van der Waals surface area (Å²) in [6.07, 6.45) is -5.52. The Kier molecular flexibility index (Phi) is 7.81. The number of halogens is 7. The van der Waals surface area contributed by atoms with Gasteiger partial charge in [-0.1, -0.05) is 11.6 Å². The summed E-state index contributed by atoms with van der Waals surface area (Å²) < 4.78 is 63.5. The zero-order valence-corrected chi connectivity index (χ0v) is 14.4. The smallest absolute Gasteiger partial charge is 0.475 e. The van der Waals surface area contributed by atoms with E-state index in [1.165, 1.54) is 6.42 Å². The molecule has 0 aromatic carbocycles. The summed E-state index contributed by atoms with van der Waals surface area (Å²) in [6.45, 7) is 2.07. The fourth-order valence-corrected chi connectivity index (χ4v) is 2.27. The molecule has 1 aromatic rings. The minimum Gasteiger partial charge on any atom is -0.475 e. The third kappa shape index (κ3) is 7.72. The Morgan fingerprint density at radius 3 is 1.68 bits per heavy atom. The lowest BCUT2D eigenvalue weighted by Crippen LogP contribution is -2.67. The van der Waals surface area contributed by atoms with Crippen LogP contribution in [0.15, 0.2) is 12.4 Å². The highest BCUT2D eigenvalue weighted by atomic mass is 35.5. The summed E-state index contributed by atoms with van der Waals surface area (Å²) in [6, 6.07) is 1.29. The highest BCUT2D eigenvalue weighted by Crippen LogP contribution is 2.24. The summed E-state index contributed by atoms with van der Waals surface area (Å²) in [5.41, 5.74) is 0. The number of rotatable bonds is 1. The Labute approximate surface area is 158 Å². The first-order chi connectivity index (χ1) is 12.7. The van der Waals surface area contributed by atoms with Gasteiger partial charge in [-0.15, -0.1) is 0 Å². The van der Waals surface area contributed by atoms with E-state index in [0.29, 0.717) is 17.2 Å². The molecule has 1 aromatic heterocycles. The van der Waals surface area contributed by atoms with E-state index in [4.69, 9.17) is 31.4 Å². The number of hydrogen-bond acceptors (Lipinski definition) is 6. The molecule has 28 heavy (non-hydrogen) atoms. The average molecular weight is 439 g/mol. The maximum Gasteiger partial charge on any atom is 0.490 e. The zero-order valence-electron chi connectivity index (χ0n) is 13.6. The second kappa shape index (κ2) is 9.23. The molecule has 3 aliphatic rings. The van der Waals surface area contributed by atoms with Crippen LogP contribution in [0, 0.1) is 0 Å². The number of hydrogen-bond donors (Lipinski definition) is 3. The fourth-order valence-electron chi connectivity index (χ4n) is 2.17. The zero-order chi connectivity index (χ0) is 21.7. The van der Waals surface area contributed by atoms with Crippen molar-refractivity contribution >= 4 is 29.4 Å². The van der Waals surface area contributed by atoms with Crippen LogP contribution < -0.4 is 10.2 Å². The number of aromatic nitrogens is 2. The molecular formula is C13H13ClF6N4O4. The van der Waals surface area contributed by atoms with Gasteiger partial charge in [-0.3, -0.25) is 0 Å². The van der Waals surface area contributed by atoms with Gasteiger partial charge in [-0.05, 0) is 6.42 Å². The van der Waals surface area contributed by atoms with Crippen LogP contribution in [0.5, 0.6) is 0 Å². The van der Waals surface area contributed by atoms with E-state index in [1.807, 2.05) is 0 Å². The molecule has 8 nitrogen and oxygen atoms in total. The SMILES string of the molecule is Clc1cnc(N2CC3CC(C2)N3)cn1.O=C(O)C(F)(F)F.O=C(O)C(F)(F)F. The molecule has 3 N–H and O–H groups in total. The van der Waals surface area contributed by atoms with Gasteiger partial charge in [0.1, 0.15) is 11.0 Å². The van der Waals surface area contributed by atoms with Crippen molar-refractivity contribution in [3.63, 3.8) is 0 Å². The first-order valence-corrected chi connectivity index (χ1v) is 7.66. The van der Waals surface area contributed by atoms with Crippen molar-refractivity contribution in [2.45, 2.75) is 30.9 Å². The van der Waals surface area contributed by atoms with Crippen molar-refractivity contribution in [1.82, 2.24) is 15.3 Å². The molecule has 0 amide bonds. The largest absolute Gasteiger partial charge is 0.490 e. The van der Waals surface area contributed by atoms with Gasteiger partial charge in [0.15, 0.2) is 0 Å². The van der Waals surface area contributed by atoms with Gasteiger partial charge in [0, 0.05) is 25.2 Å². The highest BCUT2D eigenvalue weighted by Gasteiger charge is 2.39. The van der Waals surface area contributed by atoms with Crippen molar-refractivity contribution in [1.29, 1.82) is 0 Å². The van der Waals surface area contributed by atoms with E-state index in [0.717, 1.165) is 18.9 Å².